The van der Waals surface area contributed by atoms with E-state index in [9.17, 15) is 0 Å². The zero-order valence-corrected chi connectivity index (χ0v) is 15.0. The smallest absolute Gasteiger partial charge is 0.232 e. The van der Waals surface area contributed by atoms with Crippen LogP contribution >= 0.6 is 0 Å². The third kappa shape index (κ3) is 3.70. The van der Waals surface area contributed by atoms with Crippen LogP contribution in [-0.2, 0) is 0 Å². The predicted octanol–water partition coefficient (Wildman–Crippen LogP) is 4.65. The predicted molar refractivity (Wildman–Crippen MR) is 103 cm³/mol. The number of rotatable bonds is 8. The molecule has 0 aliphatic carbocycles. The van der Waals surface area contributed by atoms with Crippen LogP contribution in [0.25, 0.3) is 28.2 Å². The van der Waals surface area contributed by atoms with Crippen molar-refractivity contribution in [2.45, 2.75) is 26.7 Å². The Balaban J connectivity index is 2.13. The molecule has 3 rings (SSSR count). The summed E-state index contributed by atoms with van der Waals surface area (Å²) >= 11 is 0. The van der Waals surface area contributed by atoms with E-state index in [0.29, 0.717) is 23.8 Å². The molecule has 0 atom stereocenters. The monoisotopic (exact) mass is 353 g/mol. The molecule has 6 heteroatoms. The molecule has 3 heterocycles. The summed E-state index contributed by atoms with van der Waals surface area (Å²) in [6.07, 6.45) is 10.7. The summed E-state index contributed by atoms with van der Waals surface area (Å²) in [5, 5.41) is 13.1. The van der Waals surface area contributed by atoms with Crippen LogP contribution in [0.15, 0.2) is 51.8 Å². The van der Waals surface area contributed by atoms with E-state index in [0.717, 1.165) is 35.2 Å². The van der Waals surface area contributed by atoms with Crippen molar-refractivity contribution in [3.63, 3.8) is 0 Å². The maximum Gasteiger partial charge on any atom is 0.232 e. The lowest BCUT2D eigenvalue weighted by Gasteiger charge is -2.07. The van der Waals surface area contributed by atoms with E-state index in [-0.39, 0.29) is 6.61 Å². The van der Waals surface area contributed by atoms with Gasteiger partial charge in [0.25, 0.3) is 0 Å². The summed E-state index contributed by atoms with van der Waals surface area (Å²) in [5.74, 6) is 2.01. The molecule has 2 N–H and O–H groups in total. The first-order valence-electron chi connectivity index (χ1n) is 8.72. The van der Waals surface area contributed by atoms with Gasteiger partial charge in [-0.05, 0) is 44.4 Å². The number of hydrogen-bond donors (Lipinski definition) is 2. The van der Waals surface area contributed by atoms with Crippen molar-refractivity contribution in [2.24, 2.45) is 0 Å². The summed E-state index contributed by atoms with van der Waals surface area (Å²) < 4.78 is 11.6. The molecule has 3 aromatic rings. The van der Waals surface area contributed by atoms with Gasteiger partial charge < -0.3 is 19.3 Å². The van der Waals surface area contributed by atoms with E-state index in [2.05, 4.69) is 15.3 Å². The van der Waals surface area contributed by atoms with Gasteiger partial charge in [-0.15, -0.1) is 0 Å². The lowest BCUT2D eigenvalue weighted by atomic mass is 10.0. The minimum atomic E-state index is 0.186. The largest absolute Gasteiger partial charge is 0.461 e. The molecule has 0 saturated heterocycles. The second kappa shape index (κ2) is 8.49. The molecule has 0 aliphatic rings. The van der Waals surface area contributed by atoms with Gasteiger partial charge in [0.05, 0.1) is 11.6 Å². The fourth-order valence-corrected chi connectivity index (χ4v) is 2.79. The van der Waals surface area contributed by atoms with Gasteiger partial charge >= 0.3 is 0 Å². The molecule has 136 valence electrons. The third-order valence-electron chi connectivity index (χ3n) is 4.04. The maximum atomic E-state index is 8.95. The molecule has 0 saturated carbocycles. The summed E-state index contributed by atoms with van der Waals surface area (Å²) in [4.78, 5) is 8.70. The van der Waals surface area contributed by atoms with Gasteiger partial charge in [0.1, 0.15) is 12.1 Å². The first kappa shape index (κ1) is 17.9. The zero-order valence-electron chi connectivity index (χ0n) is 15.0. The second-order valence-electron chi connectivity index (χ2n) is 5.92. The van der Waals surface area contributed by atoms with Crippen molar-refractivity contribution in [1.29, 1.82) is 0 Å². The molecular weight excluding hydrogens is 330 g/mol. The van der Waals surface area contributed by atoms with Crippen molar-refractivity contribution >= 4 is 22.5 Å². The average molecular weight is 353 g/mol. The Morgan fingerprint density at radius 1 is 1.31 bits per heavy atom. The number of anilines is 1. The Labute approximate surface area is 152 Å². The normalized spacial score (nSPS) is 12.3. The van der Waals surface area contributed by atoms with E-state index in [1.54, 1.807) is 6.26 Å². The summed E-state index contributed by atoms with van der Waals surface area (Å²) in [6, 6.07) is 3.70. The van der Waals surface area contributed by atoms with Crippen LogP contribution in [0.4, 0.5) is 5.82 Å². The summed E-state index contributed by atoms with van der Waals surface area (Å²) in [6.45, 7) is 4.90. The molecule has 0 spiro atoms. The number of nitrogens with one attached hydrogen (secondary N) is 1. The van der Waals surface area contributed by atoms with Gasteiger partial charge in [-0.1, -0.05) is 18.2 Å². The van der Waals surface area contributed by atoms with E-state index in [4.69, 9.17) is 13.9 Å². The number of allylic oxidation sites excluding steroid dienone is 4. The lowest BCUT2D eigenvalue weighted by Crippen LogP contribution is -2.05. The highest BCUT2D eigenvalue weighted by molar-refractivity contribution is 6.01. The first-order chi connectivity index (χ1) is 12.8. The Kier molecular flexibility index (Phi) is 5.86. The van der Waals surface area contributed by atoms with Crippen LogP contribution in [-0.4, -0.2) is 28.2 Å². The molecule has 6 nitrogen and oxygen atoms in total. The lowest BCUT2D eigenvalue weighted by molar-refractivity contribution is 0.286. The highest BCUT2D eigenvalue weighted by Gasteiger charge is 2.22. The quantitative estimate of drug-likeness (QED) is 0.453. The fraction of sp³-hybridized carbons (Fsp3) is 0.300. The number of fused-ring (bicyclic) bond motifs is 1. The van der Waals surface area contributed by atoms with Gasteiger partial charge in [0.15, 0.2) is 11.5 Å². The van der Waals surface area contributed by atoms with Gasteiger partial charge in [0.2, 0.25) is 5.71 Å². The van der Waals surface area contributed by atoms with E-state index in [1.807, 2.05) is 44.2 Å². The Hall–Kier alpha value is -2.86. The van der Waals surface area contributed by atoms with Gasteiger partial charge in [-0.2, -0.15) is 0 Å². The van der Waals surface area contributed by atoms with E-state index < -0.39 is 0 Å². The van der Waals surface area contributed by atoms with Crippen molar-refractivity contribution in [3.8, 4) is 11.5 Å². The van der Waals surface area contributed by atoms with Gasteiger partial charge in [-0.25, -0.2) is 9.97 Å². The van der Waals surface area contributed by atoms with Crippen LogP contribution in [0.5, 0.6) is 0 Å². The number of aromatic nitrogens is 2. The minimum absolute atomic E-state index is 0.186. The SMILES string of the molecule is C/C=C\C=C(/C)c1c(-c2ccco2)oc2ncnc(NCCCCO)c12. The average Bonchev–Trinajstić information content (AvgIpc) is 3.30. The number of unbranched alkanes of at least 4 members (excludes halogenated alkanes) is 1. The third-order valence-corrected chi connectivity index (χ3v) is 4.04. The van der Waals surface area contributed by atoms with Crippen LogP contribution < -0.4 is 5.32 Å². The second-order valence-corrected chi connectivity index (χ2v) is 5.92. The van der Waals surface area contributed by atoms with Crippen molar-refractivity contribution in [1.82, 2.24) is 9.97 Å². The first-order valence-corrected chi connectivity index (χ1v) is 8.72. The molecule has 26 heavy (non-hydrogen) atoms. The standard InChI is InChI=1S/C20H23N3O3/c1-3-4-8-14(2)16-17-19(21-10-5-6-11-24)22-13-23-20(17)26-18(16)15-9-7-12-25-15/h3-4,7-9,12-13,24H,5-6,10-11H2,1-2H3,(H,21,22,23)/b4-3-,14-8+. The molecule has 0 bridgehead atoms. The number of aliphatic hydroxyl groups is 1. The van der Waals surface area contributed by atoms with Crippen molar-refractivity contribution in [3.05, 3.63) is 48.5 Å². The number of nitrogens with zero attached hydrogens (tertiary/aromatic N) is 2. The molecule has 0 aromatic carbocycles. The van der Waals surface area contributed by atoms with Gasteiger partial charge in [-0.3, -0.25) is 0 Å². The molecular formula is C20H23N3O3. The highest BCUT2D eigenvalue weighted by Crippen LogP contribution is 2.39. The number of hydrogen-bond acceptors (Lipinski definition) is 6. The molecule has 0 radical (unpaired) electrons. The molecule has 0 amide bonds. The Morgan fingerprint density at radius 2 is 2.19 bits per heavy atom. The molecule has 3 aromatic heterocycles. The number of furan rings is 2. The minimum Gasteiger partial charge on any atom is -0.461 e. The molecule has 0 unspecified atom stereocenters. The fourth-order valence-electron chi connectivity index (χ4n) is 2.79. The highest BCUT2D eigenvalue weighted by atomic mass is 16.4. The topological polar surface area (TPSA) is 84.3 Å². The Bertz CT molecular complexity index is 908. The van der Waals surface area contributed by atoms with Crippen molar-refractivity contribution in [2.75, 3.05) is 18.5 Å². The van der Waals surface area contributed by atoms with E-state index in [1.165, 1.54) is 6.33 Å². The van der Waals surface area contributed by atoms with Crippen LogP contribution in [0.3, 0.4) is 0 Å². The van der Waals surface area contributed by atoms with Crippen LogP contribution in [0.2, 0.25) is 0 Å². The van der Waals surface area contributed by atoms with Crippen LogP contribution in [0.1, 0.15) is 32.3 Å². The van der Waals surface area contributed by atoms with E-state index >= 15 is 0 Å². The van der Waals surface area contributed by atoms with Gasteiger partial charge in [0, 0.05) is 18.7 Å². The summed E-state index contributed by atoms with van der Waals surface area (Å²) in [5.41, 5.74) is 2.46. The van der Waals surface area contributed by atoms with Crippen molar-refractivity contribution < 1.29 is 13.9 Å². The zero-order chi connectivity index (χ0) is 18.4. The Morgan fingerprint density at radius 3 is 2.92 bits per heavy atom. The maximum absolute atomic E-state index is 8.95. The molecule has 0 aliphatic heterocycles. The van der Waals surface area contributed by atoms with Crippen LogP contribution in [0, 0.1) is 0 Å². The number of aliphatic hydroxyl groups excluding tert-OH is 1. The summed E-state index contributed by atoms with van der Waals surface area (Å²) in [7, 11) is 0. The molecule has 0 fully saturated rings.